The molecule has 78 valence electrons. The topological polar surface area (TPSA) is 43.4 Å². The number of ether oxygens (including phenoxy) is 1. The van der Waals surface area contributed by atoms with Gasteiger partial charge in [-0.25, -0.2) is 4.79 Å². The molecule has 0 aliphatic carbocycles. The first-order valence-electron chi connectivity index (χ1n) is 4.55. The molecule has 15 heavy (non-hydrogen) atoms. The Bertz CT molecular complexity index is 391. The second kappa shape index (κ2) is 5.10. The third-order valence-corrected chi connectivity index (χ3v) is 1.97. The van der Waals surface area contributed by atoms with Gasteiger partial charge in [0.05, 0.1) is 7.11 Å². The van der Waals surface area contributed by atoms with Crippen molar-refractivity contribution in [3.63, 3.8) is 0 Å². The van der Waals surface area contributed by atoms with Crippen LogP contribution in [0.3, 0.4) is 0 Å². The molecule has 0 amide bonds. The molecule has 0 N–H and O–H groups in total. The molecule has 0 bridgehead atoms. The van der Waals surface area contributed by atoms with Crippen molar-refractivity contribution in [1.29, 1.82) is 0 Å². The number of rotatable bonds is 3. The van der Waals surface area contributed by atoms with Crippen molar-refractivity contribution < 1.29 is 14.3 Å². The van der Waals surface area contributed by atoms with Crippen molar-refractivity contribution in [1.82, 2.24) is 0 Å². The third-order valence-electron chi connectivity index (χ3n) is 1.97. The fourth-order valence-corrected chi connectivity index (χ4v) is 1.20. The van der Waals surface area contributed by atoms with Crippen molar-refractivity contribution in [3.05, 3.63) is 47.5 Å². The summed E-state index contributed by atoms with van der Waals surface area (Å²) in [6.45, 7) is 1.63. The molecule has 0 aliphatic rings. The maximum atomic E-state index is 11.8. The van der Waals surface area contributed by atoms with Gasteiger partial charge in [0.2, 0.25) is 0 Å². The van der Waals surface area contributed by atoms with Crippen molar-refractivity contribution in [2.75, 3.05) is 7.11 Å². The zero-order chi connectivity index (χ0) is 11.3. The van der Waals surface area contributed by atoms with Gasteiger partial charge < -0.3 is 4.74 Å². The van der Waals surface area contributed by atoms with Crippen LogP contribution in [0.1, 0.15) is 17.3 Å². The van der Waals surface area contributed by atoms with Gasteiger partial charge in [0.25, 0.3) is 0 Å². The van der Waals surface area contributed by atoms with Gasteiger partial charge >= 0.3 is 5.97 Å². The zero-order valence-electron chi connectivity index (χ0n) is 8.69. The zero-order valence-corrected chi connectivity index (χ0v) is 8.69. The summed E-state index contributed by atoms with van der Waals surface area (Å²) in [6.07, 6.45) is 1.46. The van der Waals surface area contributed by atoms with Crippen LogP contribution in [0.2, 0.25) is 0 Å². The Balaban J connectivity index is 2.99. The Morgan fingerprint density at radius 3 is 2.27 bits per heavy atom. The minimum Gasteiger partial charge on any atom is -0.465 e. The molecule has 0 unspecified atom stereocenters. The fourth-order valence-electron chi connectivity index (χ4n) is 1.20. The lowest BCUT2D eigenvalue weighted by Gasteiger charge is -2.03. The second-order valence-corrected chi connectivity index (χ2v) is 2.89. The van der Waals surface area contributed by atoms with Crippen LogP contribution in [0.5, 0.6) is 0 Å². The number of esters is 1. The number of allylic oxidation sites excluding steroid dienone is 1. The van der Waals surface area contributed by atoms with Gasteiger partial charge in [-0.1, -0.05) is 36.4 Å². The largest absolute Gasteiger partial charge is 0.465 e. The standard InChI is InChI=1S/C12H12O3/c1-3-10(12(14)15-2)11(13)9-7-5-4-6-8-9/h3-8H,1-2H3/b10-3-. The number of hydrogen-bond acceptors (Lipinski definition) is 3. The highest BCUT2D eigenvalue weighted by Gasteiger charge is 2.18. The molecule has 1 aromatic carbocycles. The quantitative estimate of drug-likeness (QED) is 0.248. The number of benzene rings is 1. The highest BCUT2D eigenvalue weighted by molar-refractivity contribution is 6.24. The summed E-state index contributed by atoms with van der Waals surface area (Å²) in [6, 6.07) is 8.63. The maximum absolute atomic E-state index is 11.8. The molecule has 1 rings (SSSR count). The lowest BCUT2D eigenvalue weighted by atomic mass is 10.0. The van der Waals surface area contributed by atoms with Gasteiger partial charge in [-0.15, -0.1) is 0 Å². The Morgan fingerprint density at radius 2 is 1.80 bits per heavy atom. The summed E-state index contributed by atoms with van der Waals surface area (Å²) in [5.74, 6) is -0.920. The lowest BCUT2D eigenvalue weighted by molar-refractivity contribution is -0.135. The molecule has 0 radical (unpaired) electrons. The molecule has 0 aliphatic heterocycles. The first-order valence-corrected chi connectivity index (χ1v) is 4.55. The molecule has 1 aromatic rings. The van der Waals surface area contributed by atoms with Crippen molar-refractivity contribution in [2.24, 2.45) is 0 Å². The van der Waals surface area contributed by atoms with E-state index in [1.54, 1.807) is 31.2 Å². The molecule has 0 heterocycles. The number of Topliss-reactive ketones (excluding diaryl/α,β-unsaturated/α-hetero) is 1. The summed E-state index contributed by atoms with van der Waals surface area (Å²) < 4.78 is 4.52. The average Bonchev–Trinajstić information content (AvgIpc) is 2.30. The highest BCUT2D eigenvalue weighted by Crippen LogP contribution is 2.09. The number of ketones is 1. The predicted molar refractivity (Wildman–Crippen MR) is 56.5 cm³/mol. The van der Waals surface area contributed by atoms with E-state index >= 15 is 0 Å². The summed E-state index contributed by atoms with van der Waals surface area (Å²) in [5.41, 5.74) is 0.541. The van der Waals surface area contributed by atoms with E-state index in [0.717, 1.165) is 0 Å². The second-order valence-electron chi connectivity index (χ2n) is 2.89. The molecular formula is C12H12O3. The third kappa shape index (κ3) is 2.53. The summed E-state index contributed by atoms with van der Waals surface area (Å²) in [4.78, 5) is 23.1. The first kappa shape index (κ1) is 11.2. The molecule has 0 saturated carbocycles. The van der Waals surface area contributed by atoms with Gasteiger partial charge in [0.1, 0.15) is 5.57 Å². The molecule has 0 fully saturated rings. The Kier molecular flexibility index (Phi) is 3.80. The van der Waals surface area contributed by atoms with Gasteiger partial charge in [0, 0.05) is 5.56 Å². The summed E-state index contributed by atoms with van der Waals surface area (Å²) >= 11 is 0. The van der Waals surface area contributed by atoms with Crippen molar-refractivity contribution in [3.8, 4) is 0 Å². The van der Waals surface area contributed by atoms with Crippen LogP contribution in [-0.4, -0.2) is 18.9 Å². The normalized spacial score (nSPS) is 10.9. The van der Waals surface area contributed by atoms with Gasteiger partial charge in [-0.05, 0) is 6.92 Å². The average molecular weight is 204 g/mol. The van der Waals surface area contributed by atoms with E-state index in [-0.39, 0.29) is 11.4 Å². The predicted octanol–water partition coefficient (Wildman–Crippen LogP) is 1.99. The van der Waals surface area contributed by atoms with Gasteiger partial charge in [-0.2, -0.15) is 0 Å². The minimum atomic E-state index is -0.605. The molecule has 0 saturated heterocycles. The van der Waals surface area contributed by atoms with E-state index in [4.69, 9.17) is 0 Å². The maximum Gasteiger partial charge on any atom is 0.341 e. The smallest absolute Gasteiger partial charge is 0.341 e. The highest BCUT2D eigenvalue weighted by atomic mass is 16.5. The number of hydrogen-bond donors (Lipinski definition) is 0. The van der Waals surface area contributed by atoms with Crippen molar-refractivity contribution >= 4 is 11.8 Å². The van der Waals surface area contributed by atoms with Crippen LogP contribution < -0.4 is 0 Å². The molecule has 0 spiro atoms. The van der Waals surface area contributed by atoms with E-state index in [0.29, 0.717) is 5.56 Å². The van der Waals surface area contributed by atoms with Crippen LogP contribution in [0, 0.1) is 0 Å². The Hall–Kier alpha value is -1.90. The van der Waals surface area contributed by atoms with Crippen molar-refractivity contribution in [2.45, 2.75) is 6.92 Å². The van der Waals surface area contributed by atoms with E-state index in [1.165, 1.54) is 13.2 Å². The number of carbonyl (C=O) groups excluding carboxylic acids is 2. The van der Waals surface area contributed by atoms with E-state index < -0.39 is 5.97 Å². The molecule has 3 heteroatoms. The first-order chi connectivity index (χ1) is 7.20. The summed E-state index contributed by atoms with van der Waals surface area (Å²) in [5, 5.41) is 0. The fraction of sp³-hybridized carbons (Fsp3) is 0.167. The Morgan fingerprint density at radius 1 is 1.20 bits per heavy atom. The van der Waals surface area contributed by atoms with Crippen LogP contribution in [-0.2, 0) is 9.53 Å². The van der Waals surface area contributed by atoms with E-state index in [9.17, 15) is 9.59 Å². The number of carbonyl (C=O) groups is 2. The van der Waals surface area contributed by atoms with Crippen LogP contribution in [0.15, 0.2) is 42.0 Å². The van der Waals surface area contributed by atoms with E-state index in [2.05, 4.69) is 4.74 Å². The molecular weight excluding hydrogens is 192 g/mol. The van der Waals surface area contributed by atoms with Gasteiger partial charge in [-0.3, -0.25) is 4.79 Å². The van der Waals surface area contributed by atoms with Gasteiger partial charge in [0.15, 0.2) is 5.78 Å². The SMILES string of the molecule is C/C=C(\C(=O)OC)C(=O)c1ccccc1. The lowest BCUT2D eigenvalue weighted by Crippen LogP contribution is -2.14. The monoisotopic (exact) mass is 204 g/mol. The van der Waals surface area contributed by atoms with Crippen LogP contribution in [0.25, 0.3) is 0 Å². The molecule has 0 aromatic heterocycles. The van der Waals surface area contributed by atoms with Crippen LogP contribution >= 0.6 is 0 Å². The molecule has 0 atom stereocenters. The summed E-state index contributed by atoms with van der Waals surface area (Å²) in [7, 11) is 1.25. The number of methoxy groups -OCH3 is 1. The van der Waals surface area contributed by atoms with E-state index in [1.807, 2.05) is 6.07 Å². The Labute approximate surface area is 88.4 Å². The van der Waals surface area contributed by atoms with Crippen LogP contribution in [0.4, 0.5) is 0 Å². The molecule has 3 nitrogen and oxygen atoms in total. The minimum absolute atomic E-state index is 0.0590.